The van der Waals surface area contributed by atoms with Crippen LogP contribution in [0.15, 0.2) is 30.7 Å². The van der Waals surface area contributed by atoms with E-state index >= 15 is 0 Å². The second kappa shape index (κ2) is 9.78. The molecule has 33 heavy (non-hydrogen) atoms. The zero-order valence-electron chi connectivity index (χ0n) is 19.3. The van der Waals surface area contributed by atoms with Crippen LogP contribution in [0.1, 0.15) is 50.8 Å². The Balaban J connectivity index is 1.22. The van der Waals surface area contributed by atoms with Crippen molar-refractivity contribution in [3.63, 3.8) is 0 Å². The molecule has 2 atom stereocenters. The lowest BCUT2D eigenvalue weighted by atomic mass is 9.85. The predicted octanol–water partition coefficient (Wildman–Crippen LogP) is 2.50. The van der Waals surface area contributed by atoms with Gasteiger partial charge in [-0.05, 0) is 57.2 Å². The van der Waals surface area contributed by atoms with Gasteiger partial charge in [-0.15, -0.1) is 10.2 Å². The summed E-state index contributed by atoms with van der Waals surface area (Å²) in [6, 6.07) is 4.53. The Bertz CT molecular complexity index is 1050. The van der Waals surface area contributed by atoms with Gasteiger partial charge in [-0.1, -0.05) is 11.6 Å². The molecule has 1 unspecified atom stereocenters. The molecule has 10 heteroatoms. The van der Waals surface area contributed by atoms with Gasteiger partial charge in [-0.25, -0.2) is 9.67 Å². The van der Waals surface area contributed by atoms with Crippen molar-refractivity contribution in [1.82, 2.24) is 40.5 Å². The number of nitrogens with zero attached hydrogens (tertiary/aromatic N) is 8. The lowest BCUT2D eigenvalue weighted by Gasteiger charge is -2.35. The van der Waals surface area contributed by atoms with E-state index < -0.39 is 0 Å². The monoisotopic (exact) mass is 449 g/mol. The second-order valence-corrected chi connectivity index (χ2v) is 9.01. The lowest BCUT2D eigenvalue weighted by molar-refractivity contribution is 0.280. The molecule has 2 aliphatic rings. The molecular weight excluding hydrogens is 418 g/mol. The molecule has 1 aliphatic heterocycles. The first-order chi connectivity index (χ1) is 16.2. The van der Waals surface area contributed by atoms with Crippen LogP contribution in [0.4, 0.5) is 5.82 Å². The van der Waals surface area contributed by atoms with Crippen molar-refractivity contribution in [1.29, 1.82) is 0 Å². The largest absolute Gasteiger partial charge is 0.480 e. The number of methoxy groups -OCH3 is 1. The molecule has 1 saturated heterocycles. The fourth-order valence-corrected chi connectivity index (χ4v) is 4.40. The third kappa shape index (κ3) is 4.95. The average molecular weight is 450 g/mol. The van der Waals surface area contributed by atoms with E-state index in [1.165, 1.54) is 32.1 Å². The predicted molar refractivity (Wildman–Crippen MR) is 124 cm³/mol. The van der Waals surface area contributed by atoms with E-state index in [4.69, 9.17) is 4.74 Å². The summed E-state index contributed by atoms with van der Waals surface area (Å²) in [7, 11) is 1.56. The average Bonchev–Trinajstić information content (AvgIpc) is 3.33. The van der Waals surface area contributed by atoms with Crippen molar-refractivity contribution in [2.45, 2.75) is 51.1 Å². The van der Waals surface area contributed by atoms with Gasteiger partial charge in [0.05, 0.1) is 37.4 Å². The molecule has 174 valence electrons. The molecule has 0 radical (unpaired) electrons. The van der Waals surface area contributed by atoms with Crippen molar-refractivity contribution in [2.75, 3.05) is 31.6 Å². The van der Waals surface area contributed by atoms with Crippen LogP contribution < -0.4 is 15.0 Å². The highest BCUT2D eigenvalue weighted by atomic mass is 16.5. The first kappa shape index (κ1) is 21.7. The smallest absolute Gasteiger partial charge is 0.232 e. The van der Waals surface area contributed by atoms with Crippen LogP contribution >= 0.6 is 0 Å². The fourth-order valence-electron chi connectivity index (χ4n) is 4.40. The maximum atomic E-state index is 5.14. The maximum absolute atomic E-state index is 5.14. The Morgan fingerprint density at radius 3 is 2.76 bits per heavy atom. The first-order valence-electron chi connectivity index (χ1n) is 11.8. The normalized spacial score (nSPS) is 19.8. The van der Waals surface area contributed by atoms with E-state index in [1.54, 1.807) is 24.2 Å². The summed E-state index contributed by atoms with van der Waals surface area (Å²) in [5, 5.41) is 21.3. The number of anilines is 1. The van der Waals surface area contributed by atoms with Gasteiger partial charge < -0.3 is 15.0 Å². The molecule has 10 nitrogen and oxygen atoms in total. The minimum atomic E-state index is -0.107. The van der Waals surface area contributed by atoms with E-state index in [-0.39, 0.29) is 6.04 Å². The molecule has 0 aromatic carbocycles. The Morgan fingerprint density at radius 2 is 2.00 bits per heavy atom. The van der Waals surface area contributed by atoms with Crippen molar-refractivity contribution in [3.8, 4) is 17.3 Å². The van der Waals surface area contributed by atoms with Gasteiger partial charge >= 0.3 is 0 Å². The van der Waals surface area contributed by atoms with Crippen molar-refractivity contribution in [2.24, 2.45) is 5.92 Å². The molecule has 3 aromatic heterocycles. The summed E-state index contributed by atoms with van der Waals surface area (Å²) in [4.78, 5) is 10.8. The van der Waals surface area contributed by atoms with Gasteiger partial charge in [0, 0.05) is 19.1 Å². The van der Waals surface area contributed by atoms with Crippen LogP contribution in [0.5, 0.6) is 5.88 Å². The van der Waals surface area contributed by atoms with Crippen LogP contribution in [0.3, 0.4) is 0 Å². The Kier molecular flexibility index (Phi) is 6.43. The lowest BCUT2D eigenvalue weighted by Crippen LogP contribution is -2.47. The summed E-state index contributed by atoms with van der Waals surface area (Å²) >= 11 is 0. The van der Waals surface area contributed by atoms with Crippen LogP contribution in [0, 0.1) is 5.92 Å². The quantitative estimate of drug-likeness (QED) is 0.555. The Labute approximate surface area is 193 Å². The third-order valence-corrected chi connectivity index (χ3v) is 6.76. The summed E-state index contributed by atoms with van der Waals surface area (Å²) in [5.41, 5.74) is 2.08. The molecule has 1 N–H and O–H groups in total. The summed E-state index contributed by atoms with van der Waals surface area (Å²) in [5.74, 6) is 2.26. The third-order valence-electron chi connectivity index (χ3n) is 6.76. The standard InChI is InChI=1S/C23H31N9O/c1-16(32-15-21(28-30-32)20-12-24-13-23(26-20)33-2)19-8-9-22(29-27-19)31-10-4-7-18(14-31)25-11-17-5-3-6-17/h8-9,12-13,15-18,25H,3-7,10-11,14H2,1-2H3/t16?,18-/m1/s1. The van der Waals surface area contributed by atoms with Gasteiger partial charge in [0.15, 0.2) is 5.82 Å². The zero-order chi connectivity index (χ0) is 22.6. The van der Waals surface area contributed by atoms with Gasteiger partial charge in [-0.2, -0.15) is 5.10 Å². The van der Waals surface area contributed by atoms with E-state index in [1.807, 2.05) is 19.2 Å². The Morgan fingerprint density at radius 1 is 1.09 bits per heavy atom. The molecular formula is C23H31N9O. The van der Waals surface area contributed by atoms with Gasteiger partial charge in [0.2, 0.25) is 5.88 Å². The molecule has 0 amide bonds. The van der Waals surface area contributed by atoms with Crippen molar-refractivity contribution < 1.29 is 4.74 Å². The summed E-state index contributed by atoms with van der Waals surface area (Å²) in [6.45, 7) is 5.20. The number of piperidine rings is 1. The Hall–Kier alpha value is -3.14. The number of nitrogens with one attached hydrogen (secondary N) is 1. The highest BCUT2D eigenvalue weighted by molar-refractivity contribution is 5.51. The number of ether oxygens (including phenoxy) is 1. The topological polar surface area (TPSA) is 107 Å². The molecule has 3 aromatic rings. The molecule has 1 aliphatic carbocycles. The SMILES string of the molecule is COc1cncc(-c2cn(C(C)c3ccc(N4CCC[C@@H](NCC5CCC5)C4)nn3)nn2)n1. The van der Waals surface area contributed by atoms with Gasteiger partial charge in [0.1, 0.15) is 11.4 Å². The van der Waals surface area contributed by atoms with E-state index in [0.29, 0.717) is 23.3 Å². The highest BCUT2D eigenvalue weighted by Gasteiger charge is 2.24. The van der Waals surface area contributed by atoms with Crippen LogP contribution in [-0.4, -0.2) is 67.9 Å². The molecule has 4 heterocycles. The van der Waals surface area contributed by atoms with Crippen LogP contribution in [0.2, 0.25) is 0 Å². The molecule has 2 fully saturated rings. The molecule has 5 rings (SSSR count). The molecule has 1 saturated carbocycles. The second-order valence-electron chi connectivity index (χ2n) is 9.01. The zero-order valence-corrected chi connectivity index (χ0v) is 19.3. The number of aromatic nitrogens is 7. The van der Waals surface area contributed by atoms with Gasteiger partial charge in [0.25, 0.3) is 0 Å². The number of rotatable bonds is 8. The first-order valence-corrected chi connectivity index (χ1v) is 11.8. The van der Waals surface area contributed by atoms with Crippen molar-refractivity contribution >= 4 is 5.82 Å². The summed E-state index contributed by atoms with van der Waals surface area (Å²) < 4.78 is 6.91. The van der Waals surface area contributed by atoms with E-state index in [2.05, 4.69) is 46.8 Å². The molecule has 0 bridgehead atoms. The number of hydrogen-bond donors (Lipinski definition) is 1. The maximum Gasteiger partial charge on any atom is 0.232 e. The highest BCUT2D eigenvalue weighted by Crippen LogP contribution is 2.26. The minimum absolute atomic E-state index is 0.107. The number of hydrogen-bond acceptors (Lipinski definition) is 9. The van der Waals surface area contributed by atoms with E-state index in [0.717, 1.165) is 37.1 Å². The van der Waals surface area contributed by atoms with Gasteiger partial charge in [-0.3, -0.25) is 4.98 Å². The molecule has 0 spiro atoms. The van der Waals surface area contributed by atoms with E-state index in [9.17, 15) is 0 Å². The fraction of sp³-hybridized carbons (Fsp3) is 0.565. The minimum Gasteiger partial charge on any atom is -0.480 e. The van der Waals surface area contributed by atoms with Crippen LogP contribution in [0.25, 0.3) is 11.4 Å². The summed E-state index contributed by atoms with van der Waals surface area (Å²) in [6.07, 6.45) is 11.6. The van der Waals surface area contributed by atoms with Crippen molar-refractivity contribution in [3.05, 3.63) is 36.4 Å². The van der Waals surface area contributed by atoms with Crippen LogP contribution in [-0.2, 0) is 0 Å².